The minimum absolute atomic E-state index is 0.0200. The number of rotatable bonds is 4. The van der Waals surface area contributed by atoms with E-state index in [2.05, 4.69) is 0 Å². The van der Waals surface area contributed by atoms with Crippen LogP contribution in [0.3, 0.4) is 0 Å². The lowest BCUT2D eigenvalue weighted by Gasteiger charge is -2.26. The van der Waals surface area contributed by atoms with E-state index < -0.39 is 19.9 Å². The first-order chi connectivity index (χ1) is 9.80. The standard InChI is InChI=1S/C12H17NO6S2/c1-19-12-3-2-11(8-10(12)9-14)21(17,18)13-4-6-20(15,16)7-5-13/h2-3,8,14H,4-7,9H2,1H3. The minimum atomic E-state index is -3.77. The maximum atomic E-state index is 12.5. The van der Waals surface area contributed by atoms with Crippen LogP contribution in [-0.2, 0) is 26.5 Å². The van der Waals surface area contributed by atoms with Crippen molar-refractivity contribution in [3.8, 4) is 5.75 Å². The summed E-state index contributed by atoms with van der Waals surface area (Å²) in [6.45, 7) is -0.447. The first kappa shape index (κ1) is 16.2. The maximum Gasteiger partial charge on any atom is 0.243 e. The molecule has 7 nitrogen and oxygen atoms in total. The average molecular weight is 335 g/mol. The number of hydrogen-bond donors (Lipinski definition) is 1. The molecule has 0 unspecified atom stereocenters. The highest BCUT2D eigenvalue weighted by atomic mass is 32.2. The number of ether oxygens (including phenoxy) is 1. The van der Waals surface area contributed by atoms with Gasteiger partial charge in [-0.15, -0.1) is 0 Å². The van der Waals surface area contributed by atoms with Gasteiger partial charge in [0, 0.05) is 18.7 Å². The zero-order chi connectivity index (χ0) is 15.7. The van der Waals surface area contributed by atoms with Crippen LogP contribution >= 0.6 is 0 Å². The number of aliphatic hydroxyl groups is 1. The Kier molecular flexibility index (Phi) is 4.57. The molecule has 9 heteroatoms. The van der Waals surface area contributed by atoms with Crippen LogP contribution in [0.5, 0.6) is 5.75 Å². The lowest BCUT2D eigenvalue weighted by Crippen LogP contribution is -2.43. The van der Waals surface area contributed by atoms with E-state index in [4.69, 9.17) is 4.74 Å². The Bertz CT molecular complexity index is 712. The quantitative estimate of drug-likeness (QED) is 0.804. The lowest BCUT2D eigenvalue weighted by atomic mass is 10.2. The third kappa shape index (κ3) is 3.37. The van der Waals surface area contributed by atoms with E-state index >= 15 is 0 Å². The molecule has 0 aromatic heterocycles. The number of methoxy groups -OCH3 is 1. The predicted octanol–water partition coefficient (Wildman–Crippen LogP) is -0.393. The van der Waals surface area contributed by atoms with E-state index in [9.17, 15) is 21.9 Å². The van der Waals surface area contributed by atoms with Crippen molar-refractivity contribution in [1.29, 1.82) is 0 Å². The molecular formula is C12H17NO6S2. The molecule has 1 aliphatic rings. The fourth-order valence-corrected chi connectivity index (χ4v) is 5.05. The summed E-state index contributed by atoms with van der Waals surface area (Å²) < 4.78 is 53.9. The van der Waals surface area contributed by atoms with Gasteiger partial charge in [0.15, 0.2) is 9.84 Å². The van der Waals surface area contributed by atoms with Crippen molar-refractivity contribution in [2.75, 3.05) is 31.7 Å². The van der Waals surface area contributed by atoms with E-state index in [0.717, 1.165) is 4.31 Å². The van der Waals surface area contributed by atoms with Crippen LogP contribution in [-0.4, -0.2) is 58.0 Å². The molecule has 2 rings (SSSR count). The Morgan fingerprint density at radius 3 is 2.43 bits per heavy atom. The van der Waals surface area contributed by atoms with Gasteiger partial charge in [-0.05, 0) is 18.2 Å². The fraction of sp³-hybridized carbons (Fsp3) is 0.500. The summed E-state index contributed by atoms with van der Waals surface area (Å²) in [5.74, 6) is 0.0578. The molecule has 0 radical (unpaired) electrons. The molecule has 1 aromatic carbocycles. The molecule has 1 N–H and O–H groups in total. The summed E-state index contributed by atoms with van der Waals surface area (Å²) >= 11 is 0. The Hall–Kier alpha value is -1.16. The zero-order valence-corrected chi connectivity index (χ0v) is 13.2. The number of sulfonamides is 1. The van der Waals surface area contributed by atoms with Crippen molar-refractivity contribution < 1.29 is 26.7 Å². The van der Waals surface area contributed by atoms with Crippen LogP contribution < -0.4 is 4.74 Å². The van der Waals surface area contributed by atoms with Gasteiger partial charge in [-0.25, -0.2) is 16.8 Å². The van der Waals surface area contributed by atoms with Crippen LogP contribution in [0.4, 0.5) is 0 Å². The maximum absolute atomic E-state index is 12.5. The van der Waals surface area contributed by atoms with Gasteiger partial charge in [0.1, 0.15) is 5.75 Å². The van der Waals surface area contributed by atoms with Gasteiger partial charge >= 0.3 is 0 Å². The van der Waals surface area contributed by atoms with E-state index in [1.807, 2.05) is 0 Å². The van der Waals surface area contributed by atoms with Gasteiger partial charge < -0.3 is 9.84 Å². The molecule has 1 aliphatic heterocycles. The van der Waals surface area contributed by atoms with Gasteiger partial charge in [0.05, 0.1) is 30.1 Å². The minimum Gasteiger partial charge on any atom is -0.496 e. The normalized spacial score (nSPS) is 19.3. The summed E-state index contributed by atoms with van der Waals surface area (Å²) in [7, 11) is -5.49. The molecule has 118 valence electrons. The highest BCUT2D eigenvalue weighted by Crippen LogP contribution is 2.25. The summed E-state index contributed by atoms with van der Waals surface area (Å²) in [6.07, 6.45) is 0. The third-order valence-electron chi connectivity index (χ3n) is 3.36. The van der Waals surface area contributed by atoms with E-state index in [0.29, 0.717) is 11.3 Å². The average Bonchev–Trinajstić information content (AvgIpc) is 2.46. The molecule has 0 bridgehead atoms. The van der Waals surface area contributed by atoms with Gasteiger partial charge in [-0.1, -0.05) is 0 Å². The molecule has 21 heavy (non-hydrogen) atoms. The van der Waals surface area contributed by atoms with E-state index in [-0.39, 0.29) is 36.1 Å². The summed E-state index contributed by atoms with van der Waals surface area (Å²) in [4.78, 5) is 0.0200. The molecule has 0 atom stereocenters. The van der Waals surface area contributed by atoms with Crippen molar-refractivity contribution in [3.05, 3.63) is 23.8 Å². The molecule has 1 fully saturated rings. The number of aliphatic hydroxyl groups excluding tert-OH is 1. The number of benzene rings is 1. The summed E-state index contributed by atoms with van der Waals surface area (Å²) in [5.41, 5.74) is 0.364. The SMILES string of the molecule is COc1ccc(S(=O)(=O)N2CCS(=O)(=O)CC2)cc1CO. The smallest absolute Gasteiger partial charge is 0.243 e. The predicted molar refractivity (Wildman–Crippen MR) is 76.3 cm³/mol. The van der Waals surface area contributed by atoms with Gasteiger partial charge in [-0.3, -0.25) is 0 Å². The molecule has 0 saturated carbocycles. The molecular weight excluding hydrogens is 318 g/mol. The first-order valence-corrected chi connectivity index (χ1v) is 9.54. The van der Waals surface area contributed by atoms with Crippen molar-refractivity contribution in [2.45, 2.75) is 11.5 Å². The Morgan fingerprint density at radius 2 is 1.90 bits per heavy atom. The largest absolute Gasteiger partial charge is 0.496 e. The monoisotopic (exact) mass is 335 g/mol. The van der Waals surface area contributed by atoms with Crippen molar-refractivity contribution in [2.24, 2.45) is 0 Å². The number of hydrogen-bond acceptors (Lipinski definition) is 6. The van der Waals surface area contributed by atoms with E-state index in [1.165, 1.54) is 25.3 Å². The van der Waals surface area contributed by atoms with Gasteiger partial charge in [-0.2, -0.15) is 4.31 Å². The lowest BCUT2D eigenvalue weighted by molar-refractivity contribution is 0.273. The summed E-state index contributed by atoms with van der Waals surface area (Å²) in [6, 6.07) is 4.20. The highest BCUT2D eigenvalue weighted by Gasteiger charge is 2.31. The van der Waals surface area contributed by atoms with E-state index in [1.54, 1.807) is 0 Å². The molecule has 1 aromatic rings. The van der Waals surface area contributed by atoms with Crippen molar-refractivity contribution in [1.82, 2.24) is 4.31 Å². The molecule has 0 amide bonds. The Balaban J connectivity index is 2.32. The van der Waals surface area contributed by atoms with Crippen molar-refractivity contribution >= 4 is 19.9 Å². The molecule has 0 aliphatic carbocycles. The highest BCUT2D eigenvalue weighted by molar-refractivity contribution is 7.92. The van der Waals surface area contributed by atoms with Crippen LogP contribution in [0.1, 0.15) is 5.56 Å². The van der Waals surface area contributed by atoms with Crippen LogP contribution in [0.25, 0.3) is 0 Å². The third-order valence-corrected chi connectivity index (χ3v) is 6.87. The fourth-order valence-electron chi connectivity index (χ4n) is 2.12. The molecule has 1 saturated heterocycles. The van der Waals surface area contributed by atoms with Gasteiger partial charge in [0.25, 0.3) is 0 Å². The van der Waals surface area contributed by atoms with Crippen LogP contribution in [0, 0.1) is 0 Å². The van der Waals surface area contributed by atoms with Crippen LogP contribution in [0.15, 0.2) is 23.1 Å². The number of sulfone groups is 1. The Labute approximate surface area is 124 Å². The van der Waals surface area contributed by atoms with Crippen molar-refractivity contribution in [3.63, 3.8) is 0 Å². The molecule has 0 spiro atoms. The second-order valence-corrected chi connectivity index (χ2v) is 8.93. The summed E-state index contributed by atoms with van der Waals surface area (Å²) in [5, 5.41) is 9.25. The second kappa shape index (κ2) is 5.91. The van der Waals surface area contributed by atoms with Crippen LogP contribution in [0.2, 0.25) is 0 Å². The second-order valence-electron chi connectivity index (χ2n) is 4.69. The Morgan fingerprint density at radius 1 is 1.29 bits per heavy atom. The molecule has 1 heterocycles. The van der Waals surface area contributed by atoms with Gasteiger partial charge in [0.2, 0.25) is 10.0 Å². The first-order valence-electron chi connectivity index (χ1n) is 6.28. The number of nitrogens with zero attached hydrogens (tertiary/aromatic N) is 1. The topological polar surface area (TPSA) is 101 Å². The zero-order valence-electron chi connectivity index (χ0n) is 11.5.